The van der Waals surface area contributed by atoms with Gasteiger partial charge in [0.2, 0.25) is 0 Å². The van der Waals surface area contributed by atoms with Crippen LogP contribution in [0.3, 0.4) is 0 Å². The summed E-state index contributed by atoms with van der Waals surface area (Å²) < 4.78 is 12.0. The summed E-state index contributed by atoms with van der Waals surface area (Å²) in [5, 5.41) is 9.27. The van der Waals surface area contributed by atoms with Gasteiger partial charge in [0.15, 0.2) is 0 Å². The molecule has 1 fully saturated rings. The van der Waals surface area contributed by atoms with E-state index in [1.807, 2.05) is 0 Å². The molecule has 17 heavy (non-hydrogen) atoms. The molecule has 0 spiro atoms. The Kier molecular flexibility index (Phi) is 3.14. The molecule has 2 atom stereocenters. The molecule has 2 rings (SSSR count). The molecule has 3 N–H and O–H groups in total. The number of hydrogen-bond donors (Lipinski definition) is 2. The summed E-state index contributed by atoms with van der Waals surface area (Å²) in [6.07, 6.45) is 1.44. The molecule has 1 aromatic heterocycles. The van der Waals surface area contributed by atoms with Crippen molar-refractivity contribution < 1.29 is 14.6 Å². The summed E-state index contributed by atoms with van der Waals surface area (Å²) in [7, 11) is 1.51. The number of ether oxygens (including phenoxy) is 2. The van der Waals surface area contributed by atoms with E-state index in [0.717, 1.165) is 0 Å². The van der Waals surface area contributed by atoms with Crippen LogP contribution < -0.4 is 11.4 Å². The second-order valence-electron chi connectivity index (χ2n) is 4.06. The van der Waals surface area contributed by atoms with Crippen LogP contribution in [-0.2, 0) is 9.47 Å². The highest BCUT2D eigenvalue weighted by Crippen LogP contribution is 2.32. The first-order chi connectivity index (χ1) is 8.10. The lowest BCUT2D eigenvalue weighted by Crippen LogP contribution is -2.36. The maximum Gasteiger partial charge on any atom is 0.351 e. The van der Waals surface area contributed by atoms with Crippen LogP contribution in [0.1, 0.15) is 12.6 Å². The van der Waals surface area contributed by atoms with Crippen molar-refractivity contribution in [3.8, 4) is 0 Å². The monoisotopic (exact) mass is 241 g/mol. The molecule has 7 nitrogen and oxygen atoms in total. The molecular weight excluding hydrogens is 226 g/mol. The van der Waals surface area contributed by atoms with E-state index in [1.165, 1.54) is 23.9 Å². The van der Waals surface area contributed by atoms with Crippen molar-refractivity contribution in [2.75, 3.05) is 26.1 Å². The Balaban J connectivity index is 2.23. The van der Waals surface area contributed by atoms with E-state index in [-0.39, 0.29) is 19.0 Å². The minimum atomic E-state index is -0.745. The summed E-state index contributed by atoms with van der Waals surface area (Å²) in [5.41, 5.74) is 4.18. The van der Waals surface area contributed by atoms with E-state index in [1.54, 1.807) is 0 Å². The van der Waals surface area contributed by atoms with E-state index in [0.29, 0.717) is 6.42 Å². The molecule has 0 aliphatic carbocycles. The maximum absolute atomic E-state index is 11.6. The van der Waals surface area contributed by atoms with Crippen molar-refractivity contribution in [3.63, 3.8) is 0 Å². The third kappa shape index (κ3) is 2.17. The Morgan fingerprint density at radius 1 is 1.82 bits per heavy atom. The van der Waals surface area contributed by atoms with Gasteiger partial charge < -0.3 is 20.3 Å². The molecule has 1 aliphatic rings. The topological polar surface area (TPSA) is 99.6 Å². The number of aromatic nitrogens is 2. The lowest BCUT2D eigenvalue weighted by atomic mass is 10.0. The highest BCUT2D eigenvalue weighted by Gasteiger charge is 2.41. The average Bonchev–Trinajstić information content (AvgIpc) is 2.74. The van der Waals surface area contributed by atoms with E-state index < -0.39 is 17.5 Å². The van der Waals surface area contributed by atoms with Gasteiger partial charge in [-0.3, -0.25) is 4.57 Å². The Bertz CT molecular complexity index is 455. The van der Waals surface area contributed by atoms with Crippen LogP contribution in [0.2, 0.25) is 0 Å². The largest absolute Gasteiger partial charge is 0.393 e. The molecule has 0 radical (unpaired) electrons. The SMILES string of the molecule is COC1(CO)COC(n2ccc(N)nc2=O)C1. The van der Waals surface area contributed by atoms with Crippen molar-refractivity contribution in [1.82, 2.24) is 9.55 Å². The van der Waals surface area contributed by atoms with Gasteiger partial charge in [-0.2, -0.15) is 4.98 Å². The van der Waals surface area contributed by atoms with E-state index >= 15 is 0 Å². The molecule has 0 aromatic carbocycles. The van der Waals surface area contributed by atoms with Crippen LogP contribution in [-0.4, -0.2) is 40.6 Å². The first kappa shape index (κ1) is 12.0. The molecule has 1 saturated heterocycles. The van der Waals surface area contributed by atoms with Gasteiger partial charge in [0.25, 0.3) is 0 Å². The minimum Gasteiger partial charge on any atom is -0.393 e. The Morgan fingerprint density at radius 3 is 3.12 bits per heavy atom. The number of methoxy groups -OCH3 is 1. The van der Waals surface area contributed by atoms with Crippen molar-refractivity contribution in [3.05, 3.63) is 22.7 Å². The minimum absolute atomic E-state index is 0.156. The fourth-order valence-corrected chi connectivity index (χ4v) is 1.82. The van der Waals surface area contributed by atoms with Gasteiger partial charge in [-0.05, 0) is 6.07 Å². The quantitative estimate of drug-likeness (QED) is 0.713. The van der Waals surface area contributed by atoms with E-state index in [9.17, 15) is 9.90 Å². The van der Waals surface area contributed by atoms with E-state index in [2.05, 4.69) is 4.98 Å². The Hall–Kier alpha value is -1.44. The zero-order valence-corrected chi connectivity index (χ0v) is 9.50. The second kappa shape index (κ2) is 4.44. The zero-order valence-electron chi connectivity index (χ0n) is 9.50. The molecule has 94 valence electrons. The summed E-state index contributed by atoms with van der Waals surface area (Å²) in [4.78, 5) is 15.2. The highest BCUT2D eigenvalue weighted by atomic mass is 16.6. The molecule has 1 aliphatic heterocycles. The van der Waals surface area contributed by atoms with Crippen LogP contribution in [0.4, 0.5) is 5.82 Å². The predicted molar refractivity (Wildman–Crippen MR) is 59.3 cm³/mol. The fraction of sp³-hybridized carbons (Fsp3) is 0.600. The lowest BCUT2D eigenvalue weighted by molar-refractivity contribution is -0.0557. The van der Waals surface area contributed by atoms with Crippen LogP contribution in [0.15, 0.2) is 17.1 Å². The van der Waals surface area contributed by atoms with Gasteiger partial charge in [-0.15, -0.1) is 0 Å². The van der Waals surface area contributed by atoms with Gasteiger partial charge in [-0.1, -0.05) is 0 Å². The normalized spacial score (nSPS) is 28.5. The van der Waals surface area contributed by atoms with Crippen LogP contribution >= 0.6 is 0 Å². The highest BCUT2D eigenvalue weighted by molar-refractivity contribution is 5.23. The molecular formula is C10H15N3O4. The molecule has 1 aromatic rings. The van der Waals surface area contributed by atoms with Crippen LogP contribution in [0.5, 0.6) is 0 Å². The van der Waals surface area contributed by atoms with Crippen molar-refractivity contribution in [1.29, 1.82) is 0 Å². The predicted octanol–water partition coefficient (Wildman–Crippen LogP) is -0.878. The number of nitrogens with zero attached hydrogens (tertiary/aromatic N) is 2. The fourth-order valence-electron chi connectivity index (χ4n) is 1.82. The number of nitrogen functional groups attached to an aromatic ring is 1. The number of anilines is 1. The number of aliphatic hydroxyl groups is 1. The Labute approximate surface area is 97.8 Å². The number of aliphatic hydroxyl groups excluding tert-OH is 1. The number of hydrogen-bond acceptors (Lipinski definition) is 6. The van der Waals surface area contributed by atoms with Crippen molar-refractivity contribution >= 4 is 5.82 Å². The zero-order chi connectivity index (χ0) is 12.5. The maximum atomic E-state index is 11.6. The third-order valence-corrected chi connectivity index (χ3v) is 2.97. The van der Waals surface area contributed by atoms with E-state index in [4.69, 9.17) is 15.2 Å². The van der Waals surface area contributed by atoms with Gasteiger partial charge in [0.1, 0.15) is 17.6 Å². The lowest BCUT2D eigenvalue weighted by Gasteiger charge is -2.22. The third-order valence-electron chi connectivity index (χ3n) is 2.97. The number of rotatable bonds is 3. The smallest absolute Gasteiger partial charge is 0.351 e. The molecule has 7 heteroatoms. The van der Waals surface area contributed by atoms with Gasteiger partial charge >= 0.3 is 5.69 Å². The van der Waals surface area contributed by atoms with Gasteiger partial charge in [0, 0.05) is 19.7 Å². The van der Waals surface area contributed by atoms with Crippen LogP contribution in [0.25, 0.3) is 0 Å². The molecule has 0 saturated carbocycles. The average molecular weight is 241 g/mol. The summed E-state index contributed by atoms with van der Waals surface area (Å²) in [6.45, 7) is 0.0820. The van der Waals surface area contributed by atoms with Crippen molar-refractivity contribution in [2.45, 2.75) is 18.2 Å². The summed E-state index contributed by atoms with van der Waals surface area (Å²) in [5.74, 6) is 0.171. The first-order valence-corrected chi connectivity index (χ1v) is 5.22. The first-order valence-electron chi connectivity index (χ1n) is 5.22. The Morgan fingerprint density at radius 2 is 2.59 bits per heavy atom. The van der Waals surface area contributed by atoms with Crippen LogP contribution in [0, 0.1) is 0 Å². The molecule has 0 bridgehead atoms. The second-order valence-corrected chi connectivity index (χ2v) is 4.06. The molecule has 2 unspecified atom stereocenters. The summed E-state index contributed by atoms with van der Waals surface area (Å²) >= 11 is 0. The standard InChI is InChI=1S/C10H15N3O4/c1-16-10(5-14)4-8(17-6-10)13-3-2-7(11)12-9(13)15/h2-3,8,14H,4-6H2,1H3,(H2,11,12,15). The number of nitrogens with two attached hydrogens (primary N) is 1. The van der Waals surface area contributed by atoms with Crippen molar-refractivity contribution in [2.24, 2.45) is 0 Å². The molecule has 2 heterocycles. The van der Waals surface area contributed by atoms with Gasteiger partial charge in [-0.25, -0.2) is 4.79 Å². The summed E-state index contributed by atoms with van der Waals surface area (Å²) in [6, 6.07) is 1.52. The van der Waals surface area contributed by atoms with Gasteiger partial charge in [0.05, 0.1) is 13.2 Å². The molecule has 0 amide bonds.